The van der Waals surface area contributed by atoms with Gasteiger partial charge >= 0.3 is 5.97 Å². The Morgan fingerprint density at radius 2 is 1.75 bits per heavy atom. The minimum Gasteiger partial charge on any atom is -0.493 e. The quantitative estimate of drug-likeness (QED) is 0.707. The number of ether oxygens (including phenoxy) is 3. The minimum atomic E-state index is -0.355. The lowest BCUT2D eigenvalue weighted by Gasteiger charge is -2.13. The lowest BCUT2D eigenvalue weighted by atomic mass is 10.1. The molecule has 2 rings (SSSR count). The van der Waals surface area contributed by atoms with Crippen molar-refractivity contribution in [1.29, 1.82) is 0 Å². The summed E-state index contributed by atoms with van der Waals surface area (Å²) >= 11 is 0. The minimum absolute atomic E-state index is 0.296. The van der Waals surface area contributed by atoms with Crippen LogP contribution in [-0.4, -0.2) is 19.7 Å². The second-order valence-electron chi connectivity index (χ2n) is 6.13. The first-order valence-electron chi connectivity index (χ1n) is 8.03. The van der Waals surface area contributed by atoms with E-state index in [4.69, 9.17) is 14.2 Å². The van der Waals surface area contributed by atoms with Crippen LogP contribution in [0.1, 0.15) is 35.3 Å². The topological polar surface area (TPSA) is 44.8 Å². The van der Waals surface area contributed by atoms with Gasteiger partial charge in [0.1, 0.15) is 6.61 Å². The zero-order valence-corrected chi connectivity index (χ0v) is 14.7. The van der Waals surface area contributed by atoms with Gasteiger partial charge in [0.05, 0.1) is 19.3 Å². The van der Waals surface area contributed by atoms with E-state index in [1.54, 1.807) is 25.3 Å². The molecule has 0 fully saturated rings. The molecule has 0 atom stereocenters. The number of hydrogen-bond donors (Lipinski definition) is 0. The maximum Gasteiger partial charge on any atom is 0.338 e. The van der Waals surface area contributed by atoms with Crippen molar-refractivity contribution in [1.82, 2.24) is 0 Å². The zero-order valence-electron chi connectivity index (χ0n) is 14.7. The lowest BCUT2D eigenvalue weighted by molar-refractivity contribution is 0.0458. The van der Waals surface area contributed by atoms with Gasteiger partial charge in [-0.2, -0.15) is 0 Å². The number of benzene rings is 2. The van der Waals surface area contributed by atoms with E-state index in [2.05, 4.69) is 0 Å². The van der Waals surface area contributed by atoms with Gasteiger partial charge in [-0.05, 0) is 36.6 Å². The normalized spacial score (nSPS) is 10.5. The van der Waals surface area contributed by atoms with Crippen molar-refractivity contribution < 1.29 is 19.0 Å². The van der Waals surface area contributed by atoms with Crippen LogP contribution in [0.5, 0.6) is 11.5 Å². The maximum absolute atomic E-state index is 12.1. The average Bonchev–Trinajstić information content (AvgIpc) is 2.58. The van der Waals surface area contributed by atoms with E-state index in [-0.39, 0.29) is 5.97 Å². The van der Waals surface area contributed by atoms with E-state index in [0.717, 1.165) is 5.56 Å². The molecule has 0 radical (unpaired) electrons. The van der Waals surface area contributed by atoms with Gasteiger partial charge in [-0.3, -0.25) is 0 Å². The Hall–Kier alpha value is -2.49. The molecule has 4 nitrogen and oxygen atoms in total. The highest BCUT2D eigenvalue weighted by Gasteiger charge is 2.13. The summed E-state index contributed by atoms with van der Waals surface area (Å²) in [5.41, 5.74) is 2.71. The largest absolute Gasteiger partial charge is 0.493 e. The fourth-order valence-electron chi connectivity index (χ4n) is 2.09. The molecule has 0 bridgehead atoms. The molecule has 0 aliphatic heterocycles. The molecule has 2 aromatic carbocycles. The van der Waals surface area contributed by atoms with Gasteiger partial charge in [-0.1, -0.05) is 43.7 Å². The first kappa shape index (κ1) is 17.9. The van der Waals surface area contributed by atoms with Crippen molar-refractivity contribution in [3.63, 3.8) is 0 Å². The number of esters is 1. The fourth-order valence-corrected chi connectivity index (χ4v) is 2.09. The van der Waals surface area contributed by atoms with Crippen molar-refractivity contribution in [2.75, 3.05) is 13.7 Å². The van der Waals surface area contributed by atoms with Crippen LogP contribution in [0.3, 0.4) is 0 Å². The number of rotatable bonds is 7. The van der Waals surface area contributed by atoms with Crippen molar-refractivity contribution in [3.8, 4) is 11.5 Å². The molecule has 0 heterocycles. The molecule has 24 heavy (non-hydrogen) atoms. The molecule has 0 aliphatic rings. The van der Waals surface area contributed by atoms with Gasteiger partial charge in [-0.15, -0.1) is 0 Å². The lowest BCUT2D eigenvalue weighted by Crippen LogP contribution is -2.10. The first-order valence-corrected chi connectivity index (χ1v) is 8.03. The molecule has 0 saturated carbocycles. The van der Waals surface area contributed by atoms with Gasteiger partial charge in [0.2, 0.25) is 0 Å². The van der Waals surface area contributed by atoms with Crippen LogP contribution in [0, 0.1) is 12.8 Å². The molecule has 0 aromatic heterocycles. The average molecular weight is 328 g/mol. The highest BCUT2D eigenvalue weighted by atomic mass is 16.5. The fraction of sp³-hybridized carbons (Fsp3) is 0.350. The van der Waals surface area contributed by atoms with E-state index in [1.807, 2.05) is 45.0 Å². The summed E-state index contributed by atoms with van der Waals surface area (Å²) in [5.74, 6) is 1.05. The van der Waals surface area contributed by atoms with Crippen molar-refractivity contribution in [3.05, 3.63) is 59.2 Å². The van der Waals surface area contributed by atoms with E-state index in [1.165, 1.54) is 5.56 Å². The van der Waals surface area contributed by atoms with E-state index in [0.29, 0.717) is 36.2 Å². The summed E-state index contributed by atoms with van der Waals surface area (Å²) in [6.45, 7) is 6.83. The number of hydrogen-bond acceptors (Lipinski definition) is 4. The van der Waals surface area contributed by atoms with E-state index < -0.39 is 0 Å². The summed E-state index contributed by atoms with van der Waals surface area (Å²) in [6.07, 6.45) is 0. The van der Waals surface area contributed by atoms with Crippen LogP contribution < -0.4 is 9.47 Å². The second kappa shape index (κ2) is 8.39. The summed E-state index contributed by atoms with van der Waals surface area (Å²) in [4.78, 5) is 12.1. The zero-order chi connectivity index (χ0) is 17.5. The Balaban J connectivity index is 2.10. The molecule has 0 saturated heterocycles. The number of aryl methyl sites for hydroxylation is 1. The Labute approximate surface area is 143 Å². The summed E-state index contributed by atoms with van der Waals surface area (Å²) in [5, 5.41) is 0. The molecule has 0 unspecified atom stereocenters. The second-order valence-corrected chi connectivity index (χ2v) is 6.13. The molecular weight excluding hydrogens is 304 g/mol. The predicted octanol–water partition coefficient (Wildman–Crippen LogP) is 4.40. The van der Waals surface area contributed by atoms with Gasteiger partial charge in [0.15, 0.2) is 11.5 Å². The number of carbonyl (C=O) groups excluding carboxylic acids is 1. The Bertz CT molecular complexity index is 675. The monoisotopic (exact) mass is 328 g/mol. The van der Waals surface area contributed by atoms with Crippen LogP contribution in [-0.2, 0) is 11.3 Å². The highest BCUT2D eigenvalue weighted by molar-refractivity contribution is 5.90. The molecule has 4 heteroatoms. The Morgan fingerprint density at radius 3 is 2.38 bits per heavy atom. The van der Waals surface area contributed by atoms with Gasteiger partial charge in [-0.25, -0.2) is 4.79 Å². The molecular formula is C20H24O4. The van der Waals surface area contributed by atoms with Gasteiger partial charge < -0.3 is 14.2 Å². The Morgan fingerprint density at radius 1 is 1.04 bits per heavy atom. The van der Waals surface area contributed by atoms with Crippen molar-refractivity contribution in [2.24, 2.45) is 5.92 Å². The molecule has 2 aromatic rings. The predicted molar refractivity (Wildman–Crippen MR) is 93.6 cm³/mol. The number of methoxy groups -OCH3 is 1. The van der Waals surface area contributed by atoms with Crippen molar-refractivity contribution in [2.45, 2.75) is 27.4 Å². The number of carbonyl (C=O) groups is 1. The van der Waals surface area contributed by atoms with Gasteiger partial charge in [0, 0.05) is 0 Å². The molecule has 0 N–H and O–H groups in total. The first-order chi connectivity index (χ1) is 11.5. The third kappa shape index (κ3) is 5.01. The van der Waals surface area contributed by atoms with Crippen LogP contribution in [0.4, 0.5) is 0 Å². The maximum atomic E-state index is 12.1. The third-order valence-electron chi connectivity index (χ3n) is 3.46. The third-order valence-corrected chi connectivity index (χ3v) is 3.46. The van der Waals surface area contributed by atoms with Crippen LogP contribution in [0.25, 0.3) is 0 Å². The Kier molecular flexibility index (Phi) is 6.24. The summed E-state index contributed by atoms with van der Waals surface area (Å²) < 4.78 is 16.4. The molecule has 128 valence electrons. The standard InChI is InChI=1S/C20H24O4/c1-14(2)12-24-20(21)17-9-10-18(22-4)19(11-17)23-13-16-7-5-15(3)6-8-16/h5-11,14H,12-13H2,1-4H3. The molecule has 0 amide bonds. The summed E-state index contributed by atoms with van der Waals surface area (Å²) in [7, 11) is 1.57. The van der Waals surface area contributed by atoms with Crippen LogP contribution in [0.15, 0.2) is 42.5 Å². The van der Waals surface area contributed by atoms with Gasteiger partial charge in [0.25, 0.3) is 0 Å². The van der Waals surface area contributed by atoms with E-state index in [9.17, 15) is 4.79 Å². The van der Waals surface area contributed by atoms with Crippen LogP contribution >= 0.6 is 0 Å². The van der Waals surface area contributed by atoms with E-state index >= 15 is 0 Å². The molecule has 0 aliphatic carbocycles. The van der Waals surface area contributed by atoms with Crippen LogP contribution in [0.2, 0.25) is 0 Å². The smallest absolute Gasteiger partial charge is 0.338 e. The van der Waals surface area contributed by atoms with Crippen molar-refractivity contribution >= 4 is 5.97 Å². The SMILES string of the molecule is COc1ccc(C(=O)OCC(C)C)cc1OCc1ccc(C)cc1. The summed E-state index contributed by atoms with van der Waals surface area (Å²) in [6, 6.07) is 13.2. The highest BCUT2D eigenvalue weighted by Crippen LogP contribution is 2.29. The molecule has 0 spiro atoms.